The molecule has 1 aromatic carbocycles. The molecule has 1 saturated heterocycles. The molecule has 0 spiro atoms. The van der Waals surface area contributed by atoms with Crippen molar-refractivity contribution in [1.82, 2.24) is 15.5 Å². The number of nitrogens with zero attached hydrogens (tertiary/aromatic N) is 1. The number of hydrogen-bond acceptors (Lipinski definition) is 5. The number of rotatable bonds is 6. The maximum atomic E-state index is 12.2. The van der Waals surface area contributed by atoms with E-state index in [1.54, 1.807) is 18.4 Å². The zero-order chi connectivity index (χ0) is 19.1. The number of furan rings is 1. The van der Waals surface area contributed by atoms with Crippen molar-refractivity contribution in [3.63, 3.8) is 0 Å². The summed E-state index contributed by atoms with van der Waals surface area (Å²) in [6.45, 7) is 2.45. The molecular weight excluding hydrogens is 386 g/mol. The molecule has 0 radical (unpaired) electrons. The van der Waals surface area contributed by atoms with E-state index < -0.39 is 11.8 Å². The fraction of sp³-hybridized carbons (Fsp3) is 0.368. The predicted octanol–water partition coefficient (Wildman–Crippen LogP) is 2.46. The second-order valence-corrected chi connectivity index (χ2v) is 7.86. The van der Waals surface area contributed by atoms with Crippen LogP contribution in [0.15, 0.2) is 47.1 Å². The zero-order valence-corrected chi connectivity index (χ0v) is 16.4. The Hall–Kier alpha value is -1.96. The Bertz CT molecular complexity index is 746. The highest BCUT2D eigenvalue weighted by molar-refractivity contribution is 7.99. The van der Waals surface area contributed by atoms with E-state index in [0.717, 1.165) is 35.9 Å². The van der Waals surface area contributed by atoms with Crippen molar-refractivity contribution in [3.8, 4) is 0 Å². The van der Waals surface area contributed by atoms with E-state index in [2.05, 4.69) is 15.5 Å². The van der Waals surface area contributed by atoms with Gasteiger partial charge in [-0.25, -0.2) is 0 Å². The molecule has 1 fully saturated rings. The molecule has 0 bridgehead atoms. The summed E-state index contributed by atoms with van der Waals surface area (Å²) in [4.78, 5) is 26.5. The van der Waals surface area contributed by atoms with Crippen molar-refractivity contribution in [3.05, 3.63) is 59.0 Å². The van der Waals surface area contributed by atoms with E-state index in [1.165, 1.54) is 0 Å². The molecule has 0 saturated carbocycles. The maximum absolute atomic E-state index is 12.2. The molecule has 3 rings (SSSR count). The summed E-state index contributed by atoms with van der Waals surface area (Å²) >= 11 is 7.75. The first kappa shape index (κ1) is 19.8. The average Bonchev–Trinajstić information content (AvgIpc) is 3.22. The molecule has 27 heavy (non-hydrogen) atoms. The van der Waals surface area contributed by atoms with Gasteiger partial charge in [-0.1, -0.05) is 23.7 Å². The van der Waals surface area contributed by atoms with Crippen LogP contribution < -0.4 is 10.6 Å². The van der Waals surface area contributed by atoms with Crippen LogP contribution in [-0.2, 0) is 16.1 Å². The van der Waals surface area contributed by atoms with Crippen molar-refractivity contribution < 1.29 is 14.0 Å². The number of thioether (sulfide) groups is 1. The average molecular weight is 408 g/mol. The molecule has 2 aromatic rings. The number of hydrogen-bond donors (Lipinski definition) is 2. The first-order valence-electron chi connectivity index (χ1n) is 8.79. The molecule has 1 atom stereocenters. The van der Waals surface area contributed by atoms with Gasteiger partial charge in [0.25, 0.3) is 0 Å². The largest absolute Gasteiger partial charge is 0.468 e. The summed E-state index contributed by atoms with van der Waals surface area (Å²) in [5.41, 5.74) is 0.875. The van der Waals surface area contributed by atoms with Crippen molar-refractivity contribution in [2.75, 3.05) is 31.1 Å². The van der Waals surface area contributed by atoms with Gasteiger partial charge >= 0.3 is 11.8 Å². The van der Waals surface area contributed by atoms with Gasteiger partial charge in [-0.15, -0.1) is 0 Å². The van der Waals surface area contributed by atoms with Crippen LogP contribution in [0.5, 0.6) is 0 Å². The summed E-state index contributed by atoms with van der Waals surface area (Å²) < 4.78 is 5.55. The topological polar surface area (TPSA) is 74.6 Å². The molecule has 1 aliphatic heterocycles. The van der Waals surface area contributed by atoms with E-state index in [4.69, 9.17) is 16.0 Å². The van der Waals surface area contributed by atoms with Gasteiger partial charge in [-0.2, -0.15) is 11.8 Å². The SMILES string of the molecule is O=C(NCc1ccc(Cl)cc1)C(=O)NCC(c1ccco1)N1CCSCC1. The number of benzene rings is 1. The van der Waals surface area contributed by atoms with Gasteiger partial charge in [0.15, 0.2) is 0 Å². The van der Waals surface area contributed by atoms with Crippen LogP contribution >= 0.6 is 23.4 Å². The second-order valence-electron chi connectivity index (χ2n) is 6.20. The molecule has 6 nitrogen and oxygen atoms in total. The minimum atomic E-state index is -0.655. The van der Waals surface area contributed by atoms with E-state index >= 15 is 0 Å². The normalized spacial score (nSPS) is 15.9. The Balaban J connectivity index is 1.52. The van der Waals surface area contributed by atoms with Gasteiger partial charge in [-0.3, -0.25) is 14.5 Å². The van der Waals surface area contributed by atoms with E-state index in [-0.39, 0.29) is 12.6 Å². The van der Waals surface area contributed by atoms with Crippen LogP contribution in [0.3, 0.4) is 0 Å². The monoisotopic (exact) mass is 407 g/mol. The number of nitrogens with one attached hydrogen (secondary N) is 2. The highest BCUT2D eigenvalue weighted by atomic mass is 35.5. The standard InChI is InChI=1S/C19H22ClN3O3S/c20-15-5-3-14(4-6-15)12-21-18(24)19(25)22-13-16(17-2-1-9-26-17)23-7-10-27-11-8-23/h1-6,9,16H,7-8,10-13H2,(H,21,24)(H,22,25). The van der Waals surface area contributed by atoms with Crippen LogP contribution in [0, 0.1) is 0 Å². The number of carbonyl (C=O) groups is 2. The Kier molecular flexibility index (Phi) is 7.20. The van der Waals surface area contributed by atoms with Crippen molar-refractivity contribution in [1.29, 1.82) is 0 Å². The lowest BCUT2D eigenvalue weighted by molar-refractivity contribution is -0.139. The molecule has 0 aliphatic carbocycles. The molecule has 2 heterocycles. The third-order valence-corrected chi connectivity index (χ3v) is 5.58. The Labute approximate surface area is 167 Å². The summed E-state index contributed by atoms with van der Waals surface area (Å²) in [5.74, 6) is 1.59. The van der Waals surface area contributed by atoms with E-state index in [0.29, 0.717) is 11.6 Å². The molecular formula is C19H22ClN3O3S. The van der Waals surface area contributed by atoms with Gasteiger partial charge in [0.05, 0.1) is 12.3 Å². The van der Waals surface area contributed by atoms with Crippen LogP contribution in [0.25, 0.3) is 0 Å². The molecule has 144 valence electrons. The number of amides is 2. The van der Waals surface area contributed by atoms with Crippen molar-refractivity contribution >= 4 is 35.2 Å². The van der Waals surface area contributed by atoms with E-state index in [1.807, 2.05) is 36.0 Å². The van der Waals surface area contributed by atoms with Crippen LogP contribution in [0.2, 0.25) is 5.02 Å². The van der Waals surface area contributed by atoms with E-state index in [9.17, 15) is 9.59 Å². The Morgan fingerprint density at radius 3 is 2.48 bits per heavy atom. The minimum Gasteiger partial charge on any atom is -0.468 e. The van der Waals surface area contributed by atoms with Gasteiger partial charge in [0.1, 0.15) is 5.76 Å². The van der Waals surface area contributed by atoms with Crippen molar-refractivity contribution in [2.45, 2.75) is 12.6 Å². The number of halogens is 1. The van der Waals surface area contributed by atoms with Gasteiger partial charge in [-0.05, 0) is 29.8 Å². The first-order valence-corrected chi connectivity index (χ1v) is 10.3. The van der Waals surface area contributed by atoms with Crippen LogP contribution in [0.1, 0.15) is 17.4 Å². The minimum absolute atomic E-state index is 0.0751. The molecule has 1 unspecified atom stereocenters. The summed E-state index contributed by atoms with van der Waals surface area (Å²) in [6.07, 6.45) is 1.63. The lowest BCUT2D eigenvalue weighted by Gasteiger charge is -2.33. The highest BCUT2D eigenvalue weighted by Crippen LogP contribution is 2.24. The maximum Gasteiger partial charge on any atom is 0.309 e. The quantitative estimate of drug-likeness (QED) is 0.719. The first-order chi connectivity index (χ1) is 13.1. The fourth-order valence-corrected chi connectivity index (χ4v) is 3.97. The highest BCUT2D eigenvalue weighted by Gasteiger charge is 2.26. The van der Waals surface area contributed by atoms with Crippen molar-refractivity contribution in [2.24, 2.45) is 0 Å². The van der Waals surface area contributed by atoms with Gasteiger partial charge in [0, 0.05) is 42.7 Å². The molecule has 2 N–H and O–H groups in total. The second kappa shape index (κ2) is 9.82. The third kappa shape index (κ3) is 5.76. The smallest absolute Gasteiger partial charge is 0.309 e. The fourth-order valence-electron chi connectivity index (χ4n) is 2.91. The van der Waals surface area contributed by atoms with Crippen LogP contribution in [-0.4, -0.2) is 47.9 Å². The summed E-state index contributed by atoms with van der Waals surface area (Å²) in [5, 5.41) is 5.98. The lowest BCUT2D eigenvalue weighted by Crippen LogP contribution is -2.45. The number of carbonyl (C=O) groups excluding carboxylic acids is 2. The molecule has 2 amide bonds. The summed E-state index contributed by atoms with van der Waals surface area (Å²) in [6, 6.07) is 10.8. The van der Waals surface area contributed by atoms with Gasteiger partial charge in [0.2, 0.25) is 0 Å². The van der Waals surface area contributed by atoms with Crippen LogP contribution in [0.4, 0.5) is 0 Å². The molecule has 8 heteroatoms. The predicted molar refractivity (Wildman–Crippen MR) is 107 cm³/mol. The molecule has 1 aliphatic rings. The van der Waals surface area contributed by atoms with Gasteiger partial charge < -0.3 is 15.1 Å². The Morgan fingerprint density at radius 2 is 1.81 bits per heavy atom. The lowest BCUT2D eigenvalue weighted by atomic mass is 10.2. The third-order valence-electron chi connectivity index (χ3n) is 4.39. The Morgan fingerprint density at radius 1 is 1.11 bits per heavy atom. The zero-order valence-electron chi connectivity index (χ0n) is 14.8. The molecule has 1 aromatic heterocycles. The summed E-state index contributed by atoms with van der Waals surface area (Å²) in [7, 11) is 0.